The van der Waals surface area contributed by atoms with Crippen molar-refractivity contribution in [1.82, 2.24) is 10.6 Å². The third kappa shape index (κ3) is 9.01. The average Bonchev–Trinajstić information content (AvgIpc) is 2.41. The lowest BCUT2D eigenvalue weighted by atomic mass is 10.1. The quantitative estimate of drug-likeness (QED) is 0.307. The van der Waals surface area contributed by atoms with E-state index >= 15 is 0 Å². The topological polar surface area (TPSA) is 36.4 Å². The average molecular weight is 453 g/mol. The fraction of sp³-hybridized carbons (Fsp3) is 0.471. The van der Waals surface area contributed by atoms with Crippen molar-refractivity contribution in [3.63, 3.8) is 0 Å². The van der Waals surface area contributed by atoms with E-state index in [1.54, 1.807) is 6.07 Å². The van der Waals surface area contributed by atoms with Gasteiger partial charge in [0.25, 0.3) is 0 Å². The molecule has 24 heavy (non-hydrogen) atoms. The number of nitrogens with zero attached hydrogens (tertiary/aromatic N) is 1. The van der Waals surface area contributed by atoms with Crippen LogP contribution in [-0.4, -0.2) is 24.6 Å². The summed E-state index contributed by atoms with van der Waals surface area (Å²) in [5, 5.41) is 6.30. The summed E-state index contributed by atoms with van der Waals surface area (Å²) in [6.45, 7) is 8.88. The Labute approximate surface area is 158 Å². The van der Waals surface area contributed by atoms with Gasteiger partial charge in [0.1, 0.15) is 6.54 Å². The number of hydrogen-bond donors (Lipinski definition) is 2. The van der Waals surface area contributed by atoms with E-state index in [0.29, 0.717) is 18.1 Å². The van der Waals surface area contributed by atoms with Crippen LogP contribution in [0.2, 0.25) is 0 Å². The van der Waals surface area contributed by atoms with Gasteiger partial charge in [-0.25, -0.2) is 4.99 Å². The zero-order chi connectivity index (χ0) is 17.5. The second-order valence-electron chi connectivity index (χ2n) is 5.95. The monoisotopic (exact) mass is 453 g/mol. The smallest absolute Gasteiger partial charge is 0.357 e. The largest absolute Gasteiger partial charge is 0.416 e. The molecule has 0 spiro atoms. The van der Waals surface area contributed by atoms with E-state index in [-0.39, 0.29) is 36.1 Å². The van der Waals surface area contributed by atoms with Crippen LogP contribution in [0.5, 0.6) is 0 Å². The van der Waals surface area contributed by atoms with Crippen molar-refractivity contribution < 1.29 is 13.2 Å². The molecule has 0 fully saturated rings. The SMILES string of the molecule is CCNC(=NCC#Cc1cccc(C(F)(F)F)c1)NC(C)(C)C.I. The number of halogens is 4. The van der Waals surface area contributed by atoms with Gasteiger partial charge in [-0.05, 0) is 45.9 Å². The maximum Gasteiger partial charge on any atom is 0.416 e. The predicted octanol–water partition coefficient (Wildman–Crippen LogP) is 4.03. The van der Waals surface area contributed by atoms with Gasteiger partial charge in [-0.15, -0.1) is 24.0 Å². The van der Waals surface area contributed by atoms with E-state index in [0.717, 1.165) is 12.1 Å². The van der Waals surface area contributed by atoms with Gasteiger partial charge < -0.3 is 10.6 Å². The highest BCUT2D eigenvalue weighted by molar-refractivity contribution is 14.0. The van der Waals surface area contributed by atoms with Crippen molar-refractivity contribution in [3.05, 3.63) is 35.4 Å². The van der Waals surface area contributed by atoms with Crippen molar-refractivity contribution >= 4 is 29.9 Å². The maximum absolute atomic E-state index is 12.6. The fourth-order valence-electron chi connectivity index (χ4n) is 1.70. The summed E-state index contributed by atoms with van der Waals surface area (Å²) in [5.74, 6) is 6.10. The van der Waals surface area contributed by atoms with Crippen LogP contribution in [0.25, 0.3) is 0 Å². The molecule has 2 N–H and O–H groups in total. The van der Waals surface area contributed by atoms with E-state index in [2.05, 4.69) is 27.5 Å². The molecule has 0 unspecified atom stereocenters. The lowest BCUT2D eigenvalue weighted by Crippen LogP contribution is -2.47. The van der Waals surface area contributed by atoms with Gasteiger partial charge in [0, 0.05) is 17.6 Å². The minimum atomic E-state index is -4.36. The van der Waals surface area contributed by atoms with Gasteiger partial charge in [0.15, 0.2) is 5.96 Å². The Kier molecular flexibility index (Phi) is 9.18. The van der Waals surface area contributed by atoms with Crippen LogP contribution in [0, 0.1) is 11.8 Å². The second-order valence-corrected chi connectivity index (χ2v) is 5.95. The maximum atomic E-state index is 12.6. The molecule has 0 heterocycles. The van der Waals surface area contributed by atoms with Crippen LogP contribution in [0.4, 0.5) is 13.2 Å². The van der Waals surface area contributed by atoms with Gasteiger partial charge in [-0.3, -0.25) is 0 Å². The summed E-state index contributed by atoms with van der Waals surface area (Å²) in [5.41, 5.74) is -0.519. The van der Waals surface area contributed by atoms with Crippen molar-refractivity contribution in [2.24, 2.45) is 4.99 Å². The van der Waals surface area contributed by atoms with Crippen LogP contribution in [0.15, 0.2) is 29.3 Å². The number of benzene rings is 1. The summed E-state index contributed by atoms with van der Waals surface area (Å²) in [6, 6.07) is 4.96. The molecule has 134 valence electrons. The molecule has 0 saturated heterocycles. The Morgan fingerprint density at radius 2 is 1.88 bits per heavy atom. The number of guanidine groups is 1. The number of hydrogen-bond acceptors (Lipinski definition) is 1. The summed E-state index contributed by atoms with van der Waals surface area (Å²) in [7, 11) is 0. The third-order valence-electron chi connectivity index (χ3n) is 2.58. The first-order chi connectivity index (χ1) is 10.6. The predicted molar refractivity (Wildman–Crippen MR) is 103 cm³/mol. The molecule has 0 aromatic heterocycles. The Morgan fingerprint density at radius 1 is 1.21 bits per heavy atom. The number of rotatable bonds is 2. The molecule has 0 atom stereocenters. The van der Waals surface area contributed by atoms with Crippen molar-refractivity contribution in [2.75, 3.05) is 13.1 Å². The molecule has 3 nitrogen and oxygen atoms in total. The molecule has 0 saturated carbocycles. The normalized spacial score (nSPS) is 11.9. The molecule has 1 aromatic carbocycles. The zero-order valence-corrected chi connectivity index (χ0v) is 16.5. The van der Waals surface area contributed by atoms with E-state index in [1.165, 1.54) is 6.07 Å². The molecule has 0 aliphatic carbocycles. The summed E-state index contributed by atoms with van der Waals surface area (Å²) >= 11 is 0. The van der Waals surface area contributed by atoms with Crippen LogP contribution in [0.1, 0.15) is 38.8 Å². The van der Waals surface area contributed by atoms with E-state index in [9.17, 15) is 13.2 Å². The molecule has 0 radical (unpaired) electrons. The summed E-state index contributed by atoms with van der Waals surface area (Å²) in [6.07, 6.45) is -4.36. The first-order valence-corrected chi connectivity index (χ1v) is 7.34. The zero-order valence-electron chi connectivity index (χ0n) is 14.2. The van der Waals surface area contributed by atoms with Crippen molar-refractivity contribution in [2.45, 2.75) is 39.4 Å². The lowest BCUT2D eigenvalue weighted by Gasteiger charge is -2.23. The fourth-order valence-corrected chi connectivity index (χ4v) is 1.70. The van der Waals surface area contributed by atoms with E-state index < -0.39 is 11.7 Å². The second kappa shape index (κ2) is 9.77. The number of nitrogens with one attached hydrogen (secondary N) is 2. The Balaban J connectivity index is 0.00000529. The molecule has 0 aliphatic heterocycles. The molecular weight excluding hydrogens is 430 g/mol. The number of alkyl halides is 3. The highest BCUT2D eigenvalue weighted by Crippen LogP contribution is 2.29. The molecule has 0 amide bonds. The molecule has 1 rings (SSSR count). The molecule has 0 aliphatic rings. The first-order valence-electron chi connectivity index (χ1n) is 7.34. The third-order valence-corrected chi connectivity index (χ3v) is 2.58. The Bertz CT molecular complexity index is 608. The molecule has 0 bridgehead atoms. The standard InChI is InChI=1S/C17H22F3N3.HI/c1-5-21-15(23-16(2,3)4)22-11-7-9-13-8-6-10-14(12-13)17(18,19)20;/h6,8,10,12H,5,11H2,1-4H3,(H2,21,22,23);1H. The van der Waals surface area contributed by atoms with Crippen LogP contribution >= 0.6 is 24.0 Å². The van der Waals surface area contributed by atoms with Crippen LogP contribution in [0.3, 0.4) is 0 Å². The number of aliphatic imine (C=N–C) groups is 1. The lowest BCUT2D eigenvalue weighted by molar-refractivity contribution is -0.137. The highest BCUT2D eigenvalue weighted by atomic mass is 127. The van der Waals surface area contributed by atoms with Gasteiger partial charge >= 0.3 is 6.18 Å². The van der Waals surface area contributed by atoms with Gasteiger partial charge in [0.2, 0.25) is 0 Å². The first kappa shape index (κ1) is 22.6. The minimum absolute atomic E-state index is 0. The van der Waals surface area contributed by atoms with Gasteiger partial charge in [-0.1, -0.05) is 17.9 Å². The van der Waals surface area contributed by atoms with Crippen molar-refractivity contribution in [1.29, 1.82) is 0 Å². The van der Waals surface area contributed by atoms with E-state index in [1.807, 2.05) is 27.7 Å². The summed E-state index contributed by atoms with van der Waals surface area (Å²) in [4.78, 5) is 4.28. The molecule has 7 heteroatoms. The summed E-state index contributed by atoms with van der Waals surface area (Å²) < 4.78 is 37.9. The minimum Gasteiger partial charge on any atom is -0.357 e. The van der Waals surface area contributed by atoms with Crippen LogP contribution in [-0.2, 0) is 6.18 Å². The van der Waals surface area contributed by atoms with E-state index in [4.69, 9.17) is 0 Å². The molecular formula is C17H23F3IN3. The Hall–Kier alpha value is -1.43. The molecule has 1 aromatic rings. The van der Waals surface area contributed by atoms with Gasteiger partial charge in [0.05, 0.1) is 5.56 Å². The van der Waals surface area contributed by atoms with Crippen molar-refractivity contribution in [3.8, 4) is 11.8 Å². The Morgan fingerprint density at radius 3 is 2.42 bits per heavy atom. The van der Waals surface area contributed by atoms with Crippen LogP contribution < -0.4 is 10.6 Å². The van der Waals surface area contributed by atoms with Gasteiger partial charge in [-0.2, -0.15) is 13.2 Å². The highest BCUT2D eigenvalue weighted by Gasteiger charge is 2.30.